The lowest BCUT2D eigenvalue weighted by Gasteiger charge is -2.42. The van der Waals surface area contributed by atoms with Crippen molar-refractivity contribution in [3.63, 3.8) is 0 Å². The fourth-order valence-electron chi connectivity index (χ4n) is 5.87. The van der Waals surface area contributed by atoms with Gasteiger partial charge in [0, 0.05) is 31.1 Å². The van der Waals surface area contributed by atoms with Crippen LogP contribution in [-0.2, 0) is 0 Å². The normalized spacial score (nSPS) is 14.8. The van der Waals surface area contributed by atoms with E-state index in [1.54, 1.807) is 6.08 Å². The molecule has 0 amide bonds. The number of aromatic nitrogens is 3. The summed E-state index contributed by atoms with van der Waals surface area (Å²) in [5, 5.41) is 0. The molecule has 1 saturated carbocycles. The standard InChI is InChI=1S/C36H35N3S/c1-2-34-37-35(28-17-8-3-4-9-18-28)39-36(38-34)29-19-16-26-33(27-29)40(30-20-10-5-11-21-30,31-22-12-6-13-23-31)32-24-14-7-15-25-32/h2,5-7,10-16,19-28H,1,3-4,8-9,17-18H2. The zero-order valence-corrected chi connectivity index (χ0v) is 23.6. The van der Waals surface area contributed by atoms with Crippen LogP contribution in [0, 0.1) is 0 Å². The van der Waals surface area contributed by atoms with Crippen LogP contribution < -0.4 is 0 Å². The summed E-state index contributed by atoms with van der Waals surface area (Å²) in [6.07, 6.45) is 9.11. The first-order valence-corrected chi connectivity index (χ1v) is 15.9. The van der Waals surface area contributed by atoms with E-state index in [1.165, 1.54) is 45.3 Å². The van der Waals surface area contributed by atoms with Crippen molar-refractivity contribution in [1.82, 2.24) is 15.0 Å². The van der Waals surface area contributed by atoms with Crippen LogP contribution >= 0.6 is 10.0 Å². The van der Waals surface area contributed by atoms with E-state index in [0.29, 0.717) is 11.7 Å². The van der Waals surface area contributed by atoms with Crippen LogP contribution in [-0.4, -0.2) is 15.0 Å². The van der Waals surface area contributed by atoms with E-state index in [0.717, 1.165) is 30.1 Å². The predicted octanol–water partition coefficient (Wildman–Crippen LogP) is 9.96. The molecule has 0 radical (unpaired) electrons. The highest BCUT2D eigenvalue weighted by Crippen LogP contribution is 2.73. The third-order valence-corrected chi connectivity index (χ3v) is 11.7. The van der Waals surface area contributed by atoms with Crippen LogP contribution in [0.25, 0.3) is 17.5 Å². The maximum Gasteiger partial charge on any atom is 0.163 e. The van der Waals surface area contributed by atoms with E-state index >= 15 is 0 Å². The molecule has 0 aliphatic heterocycles. The van der Waals surface area contributed by atoms with Crippen molar-refractivity contribution < 1.29 is 0 Å². The molecule has 1 heterocycles. The Bertz CT molecular complexity index is 1460. The summed E-state index contributed by atoms with van der Waals surface area (Å²) in [6.45, 7) is 4.00. The van der Waals surface area contributed by atoms with Gasteiger partial charge in [-0.15, -0.1) is 10.0 Å². The van der Waals surface area contributed by atoms with Gasteiger partial charge < -0.3 is 0 Å². The molecule has 3 nitrogen and oxygen atoms in total. The second-order valence-corrected chi connectivity index (χ2v) is 13.5. The van der Waals surface area contributed by atoms with Crippen molar-refractivity contribution in [2.24, 2.45) is 0 Å². The van der Waals surface area contributed by atoms with Gasteiger partial charge in [-0.1, -0.05) is 99.0 Å². The molecule has 4 aromatic carbocycles. The van der Waals surface area contributed by atoms with Gasteiger partial charge in [0.15, 0.2) is 11.6 Å². The summed E-state index contributed by atoms with van der Waals surface area (Å²) in [4.78, 5) is 19.9. The van der Waals surface area contributed by atoms with Crippen LogP contribution in [0.3, 0.4) is 0 Å². The molecule has 0 saturated heterocycles. The van der Waals surface area contributed by atoms with Crippen LogP contribution in [0.15, 0.2) is 141 Å². The summed E-state index contributed by atoms with van der Waals surface area (Å²) in [6, 6.07) is 41.6. The highest BCUT2D eigenvalue weighted by atomic mass is 32.3. The number of rotatable bonds is 7. The third-order valence-electron chi connectivity index (χ3n) is 7.81. The van der Waals surface area contributed by atoms with Gasteiger partial charge in [-0.25, -0.2) is 15.0 Å². The summed E-state index contributed by atoms with van der Waals surface area (Å²) in [7, 11) is -1.78. The highest BCUT2D eigenvalue weighted by molar-refractivity contribution is 8.34. The molecular weight excluding hydrogens is 506 g/mol. The summed E-state index contributed by atoms with van der Waals surface area (Å²) >= 11 is 0. The first kappa shape index (κ1) is 26.2. The Morgan fingerprint density at radius 2 is 1.10 bits per heavy atom. The maximum absolute atomic E-state index is 5.10. The quantitative estimate of drug-likeness (QED) is 0.192. The average Bonchev–Trinajstić information content (AvgIpc) is 3.33. The molecule has 1 aromatic heterocycles. The van der Waals surface area contributed by atoms with Crippen molar-refractivity contribution in [2.75, 3.05) is 0 Å². The van der Waals surface area contributed by atoms with Crippen molar-refractivity contribution in [2.45, 2.75) is 64.0 Å². The Kier molecular flexibility index (Phi) is 7.87. The minimum atomic E-state index is -1.78. The van der Waals surface area contributed by atoms with E-state index in [1.807, 2.05) is 0 Å². The minimum Gasteiger partial charge on any atom is -0.213 e. The van der Waals surface area contributed by atoms with Crippen molar-refractivity contribution in [3.05, 3.63) is 133 Å². The van der Waals surface area contributed by atoms with E-state index in [2.05, 4.69) is 122 Å². The largest absolute Gasteiger partial charge is 0.213 e. The molecule has 0 atom stereocenters. The topological polar surface area (TPSA) is 38.7 Å². The molecule has 1 fully saturated rings. The summed E-state index contributed by atoms with van der Waals surface area (Å²) in [5.74, 6) is 2.68. The van der Waals surface area contributed by atoms with Crippen molar-refractivity contribution in [3.8, 4) is 11.4 Å². The van der Waals surface area contributed by atoms with E-state index in [-0.39, 0.29) is 0 Å². The number of nitrogens with zero attached hydrogens (tertiary/aromatic N) is 3. The lowest BCUT2D eigenvalue weighted by atomic mass is 9.99. The summed E-state index contributed by atoms with van der Waals surface area (Å²) < 4.78 is 0. The molecule has 0 unspecified atom stereocenters. The Hall–Kier alpha value is -4.02. The number of hydrogen-bond donors (Lipinski definition) is 0. The monoisotopic (exact) mass is 541 g/mol. The highest BCUT2D eigenvalue weighted by Gasteiger charge is 2.33. The van der Waals surface area contributed by atoms with Crippen LogP contribution in [0.5, 0.6) is 0 Å². The first-order chi connectivity index (χ1) is 19.8. The lowest BCUT2D eigenvalue weighted by Crippen LogP contribution is -2.09. The van der Waals surface area contributed by atoms with E-state index < -0.39 is 10.0 Å². The first-order valence-electron chi connectivity index (χ1n) is 14.3. The minimum absolute atomic E-state index is 0.383. The molecule has 40 heavy (non-hydrogen) atoms. The molecule has 5 aromatic rings. The fraction of sp³-hybridized carbons (Fsp3) is 0.194. The molecule has 0 bridgehead atoms. The third kappa shape index (κ3) is 5.12. The molecule has 6 rings (SSSR count). The molecule has 200 valence electrons. The molecule has 1 aliphatic carbocycles. The molecule has 0 N–H and O–H groups in total. The van der Waals surface area contributed by atoms with E-state index in [9.17, 15) is 0 Å². The Morgan fingerprint density at radius 3 is 1.62 bits per heavy atom. The van der Waals surface area contributed by atoms with Gasteiger partial charge in [-0.3, -0.25) is 0 Å². The van der Waals surface area contributed by atoms with Crippen LogP contribution in [0.1, 0.15) is 56.1 Å². The van der Waals surface area contributed by atoms with Gasteiger partial charge >= 0.3 is 0 Å². The number of benzene rings is 4. The van der Waals surface area contributed by atoms with Crippen molar-refractivity contribution >= 4 is 16.1 Å². The Labute approximate surface area is 239 Å². The maximum atomic E-state index is 5.10. The van der Waals surface area contributed by atoms with Gasteiger partial charge in [-0.05, 0) is 67.4 Å². The van der Waals surface area contributed by atoms with Crippen molar-refractivity contribution in [1.29, 1.82) is 0 Å². The second-order valence-electron chi connectivity index (χ2n) is 10.3. The second kappa shape index (κ2) is 12.0. The van der Waals surface area contributed by atoms with Gasteiger partial charge in [-0.2, -0.15) is 0 Å². The molecule has 1 aliphatic rings. The van der Waals surface area contributed by atoms with Gasteiger partial charge in [0.05, 0.1) is 0 Å². The number of hydrogen-bond acceptors (Lipinski definition) is 3. The van der Waals surface area contributed by atoms with Gasteiger partial charge in [0.2, 0.25) is 0 Å². The Morgan fingerprint density at radius 1 is 0.575 bits per heavy atom. The zero-order chi connectivity index (χ0) is 27.2. The fourth-order valence-corrected chi connectivity index (χ4v) is 9.78. The van der Waals surface area contributed by atoms with Gasteiger partial charge in [0.1, 0.15) is 5.82 Å². The predicted molar refractivity (Wildman–Crippen MR) is 166 cm³/mol. The SMILES string of the molecule is C=Cc1nc(-c2cccc(S(c3ccccc3)(c3ccccc3)c3ccccc3)c2)nc(C2CCCCCC2)n1. The van der Waals surface area contributed by atoms with E-state index in [4.69, 9.17) is 15.0 Å². The smallest absolute Gasteiger partial charge is 0.163 e. The van der Waals surface area contributed by atoms with Crippen LogP contribution in [0.4, 0.5) is 0 Å². The Balaban J connectivity index is 1.56. The van der Waals surface area contributed by atoms with Gasteiger partial charge in [0.25, 0.3) is 0 Å². The average molecular weight is 542 g/mol. The lowest BCUT2D eigenvalue weighted by molar-refractivity contribution is 0.557. The van der Waals surface area contributed by atoms with Crippen LogP contribution in [0.2, 0.25) is 0 Å². The molecule has 4 heteroatoms. The summed E-state index contributed by atoms with van der Waals surface area (Å²) in [5.41, 5.74) is 1.01. The zero-order valence-electron chi connectivity index (χ0n) is 22.8. The molecule has 0 spiro atoms. The molecular formula is C36H35N3S.